The number of anilines is 1. The number of ether oxygens (including phenoxy) is 1. The van der Waals surface area contributed by atoms with E-state index in [0.29, 0.717) is 18.7 Å². The molecule has 1 saturated heterocycles. The summed E-state index contributed by atoms with van der Waals surface area (Å²) < 4.78 is 7.68. The Labute approximate surface area is 158 Å². The molecule has 1 aromatic heterocycles. The minimum absolute atomic E-state index is 0.238. The maximum atomic E-state index is 9.25. The third kappa shape index (κ3) is 3.55. The molecule has 0 bridgehead atoms. The van der Waals surface area contributed by atoms with Crippen molar-refractivity contribution >= 4 is 5.69 Å². The molecule has 1 aliphatic heterocycles. The van der Waals surface area contributed by atoms with Crippen molar-refractivity contribution in [1.29, 1.82) is 5.26 Å². The highest BCUT2D eigenvalue weighted by molar-refractivity contribution is 5.49. The van der Waals surface area contributed by atoms with E-state index < -0.39 is 0 Å². The van der Waals surface area contributed by atoms with Gasteiger partial charge in [-0.2, -0.15) is 5.26 Å². The van der Waals surface area contributed by atoms with E-state index in [-0.39, 0.29) is 6.23 Å². The van der Waals surface area contributed by atoms with Crippen molar-refractivity contribution < 1.29 is 4.74 Å². The third-order valence-corrected chi connectivity index (χ3v) is 4.85. The van der Waals surface area contributed by atoms with Crippen LogP contribution in [0.5, 0.6) is 0 Å². The van der Waals surface area contributed by atoms with Gasteiger partial charge >= 0.3 is 0 Å². The fourth-order valence-electron chi connectivity index (χ4n) is 3.35. The summed E-state index contributed by atoms with van der Waals surface area (Å²) in [4.78, 5) is 2.21. The minimum atomic E-state index is -0.238. The SMILES string of the molecule is CCc1ccc(N2CCOC2c2cn(Cc3ccccc3C#N)nn2)cc1. The smallest absolute Gasteiger partial charge is 0.177 e. The molecular weight excluding hydrogens is 338 g/mol. The van der Waals surface area contributed by atoms with E-state index in [2.05, 4.69) is 52.5 Å². The standard InChI is InChI=1S/C21H21N5O/c1-2-16-7-9-19(10-8-16)26-11-12-27-21(26)20-15-25(24-23-20)14-18-6-4-3-5-17(18)13-22/h3-10,15,21H,2,11-12,14H2,1H3. The van der Waals surface area contributed by atoms with Crippen molar-refractivity contribution in [2.24, 2.45) is 0 Å². The van der Waals surface area contributed by atoms with E-state index >= 15 is 0 Å². The van der Waals surface area contributed by atoms with Gasteiger partial charge in [0.1, 0.15) is 5.69 Å². The maximum absolute atomic E-state index is 9.25. The van der Waals surface area contributed by atoms with Gasteiger partial charge < -0.3 is 9.64 Å². The van der Waals surface area contributed by atoms with Crippen LogP contribution in [0.4, 0.5) is 5.69 Å². The molecule has 6 nitrogen and oxygen atoms in total. The molecule has 0 amide bonds. The molecule has 6 heteroatoms. The van der Waals surface area contributed by atoms with Crippen LogP contribution in [0.25, 0.3) is 0 Å². The van der Waals surface area contributed by atoms with E-state index in [4.69, 9.17) is 4.74 Å². The van der Waals surface area contributed by atoms with Crippen LogP contribution in [0.2, 0.25) is 0 Å². The summed E-state index contributed by atoms with van der Waals surface area (Å²) >= 11 is 0. The predicted octanol–water partition coefficient (Wildman–Crippen LogP) is 3.30. The lowest BCUT2D eigenvalue weighted by Crippen LogP contribution is -2.23. The molecule has 0 aliphatic carbocycles. The maximum Gasteiger partial charge on any atom is 0.177 e. The first-order valence-electron chi connectivity index (χ1n) is 9.13. The second-order valence-corrected chi connectivity index (χ2v) is 6.55. The van der Waals surface area contributed by atoms with Crippen molar-refractivity contribution in [3.63, 3.8) is 0 Å². The summed E-state index contributed by atoms with van der Waals surface area (Å²) in [6, 6.07) is 18.3. The van der Waals surface area contributed by atoms with Crippen molar-refractivity contribution in [3.8, 4) is 6.07 Å². The quantitative estimate of drug-likeness (QED) is 0.699. The lowest BCUT2D eigenvalue weighted by atomic mass is 10.1. The first kappa shape index (κ1) is 17.3. The van der Waals surface area contributed by atoms with Crippen LogP contribution >= 0.6 is 0 Å². The average molecular weight is 359 g/mol. The first-order chi connectivity index (χ1) is 13.3. The second kappa shape index (κ2) is 7.60. The Morgan fingerprint density at radius 2 is 2.00 bits per heavy atom. The Morgan fingerprint density at radius 3 is 2.78 bits per heavy atom. The molecule has 136 valence electrons. The van der Waals surface area contributed by atoms with Crippen molar-refractivity contribution in [3.05, 3.63) is 77.1 Å². The molecule has 0 N–H and O–H groups in total. The lowest BCUT2D eigenvalue weighted by molar-refractivity contribution is 0.110. The monoisotopic (exact) mass is 359 g/mol. The molecule has 2 aromatic carbocycles. The Hall–Kier alpha value is -3.17. The van der Waals surface area contributed by atoms with Gasteiger partial charge in [-0.15, -0.1) is 5.10 Å². The van der Waals surface area contributed by atoms with E-state index in [1.54, 1.807) is 4.68 Å². The summed E-state index contributed by atoms with van der Waals surface area (Å²) in [7, 11) is 0. The fourth-order valence-corrected chi connectivity index (χ4v) is 3.35. The van der Waals surface area contributed by atoms with Gasteiger partial charge in [0, 0.05) is 12.2 Å². The van der Waals surface area contributed by atoms with Crippen LogP contribution < -0.4 is 4.90 Å². The fraction of sp³-hybridized carbons (Fsp3) is 0.286. The van der Waals surface area contributed by atoms with Gasteiger partial charge in [-0.05, 0) is 35.7 Å². The average Bonchev–Trinajstić information content (AvgIpc) is 3.38. The normalized spacial score (nSPS) is 16.4. The van der Waals surface area contributed by atoms with E-state index in [1.807, 2.05) is 30.5 Å². The molecule has 2 heterocycles. The highest BCUT2D eigenvalue weighted by Gasteiger charge is 2.29. The Balaban J connectivity index is 1.54. The summed E-state index contributed by atoms with van der Waals surface area (Å²) in [5.74, 6) is 0. The largest absolute Gasteiger partial charge is 0.350 e. The Bertz CT molecular complexity index is 957. The molecule has 3 aromatic rings. The number of nitriles is 1. The highest BCUT2D eigenvalue weighted by atomic mass is 16.5. The number of nitrogens with zero attached hydrogens (tertiary/aromatic N) is 5. The number of rotatable bonds is 5. The summed E-state index contributed by atoms with van der Waals surface area (Å²) in [6.07, 6.45) is 2.69. The van der Waals surface area contributed by atoms with Gasteiger partial charge in [-0.1, -0.05) is 42.5 Å². The van der Waals surface area contributed by atoms with E-state index in [1.165, 1.54) is 5.56 Å². The van der Waals surface area contributed by atoms with Crippen LogP contribution in [0, 0.1) is 11.3 Å². The molecule has 1 aliphatic rings. The topological polar surface area (TPSA) is 67.0 Å². The molecule has 0 radical (unpaired) electrons. The van der Waals surface area contributed by atoms with Crippen molar-refractivity contribution in [2.45, 2.75) is 26.1 Å². The molecule has 1 atom stereocenters. The summed E-state index contributed by atoms with van der Waals surface area (Å²) in [5.41, 5.74) is 4.80. The minimum Gasteiger partial charge on any atom is -0.350 e. The Kier molecular flexibility index (Phi) is 4.86. The highest BCUT2D eigenvalue weighted by Crippen LogP contribution is 2.31. The van der Waals surface area contributed by atoms with Gasteiger partial charge in [-0.3, -0.25) is 0 Å². The van der Waals surface area contributed by atoms with Crippen LogP contribution in [-0.4, -0.2) is 28.1 Å². The zero-order chi connectivity index (χ0) is 18.6. The molecule has 4 rings (SSSR count). The van der Waals surface area contributed by atoms with Gasteiger partial charge in [0.15, 0.2) is 6.23 Å². The summed E-state index contributed by atoms with van der Waals surface area (Å²) in [5, 5.41) is 17.8. The number of hydrogen-bond acceptors (Lipinski definition) is 5. The number of benzene rings is 2. The number of hydrogen-bond donors (Lipinski definition) is 0. The molecular formula is C21H21N5O. The molecule has 27 heavy (non-hydrogen) atoms. The number of aryl methyl sites for hydroxylation is 1. The van der Waals surface area contributed by atoms with E-state index in [9.17, 15) is 5.26 Å². The Morgan fingerprint density at radius 1 is 1.19 bits per heavy atom. The lowest BCUT2D eigenvalue weighted by Gasteiger charge is -2.23. The van der Waals surface area contributed by atoms with Gasteiger partial charge in [-0.25, -0.2) is 4.68 Å². The first-order valence-corrected chi connectivity index (χ1v) is 9.13. The molecule has 0 saturated carbocycles. The van der Waals surface area contributed by atoms with Crippen LogP contribution in [-0.2, 0) is 17.7 Å². The van der Waals surface area contributed by atoms with Crippen LogP contribution in [0.1, 0.15) is 35.5 Å². The van der Waals surface area contributed by atoms with Crippen molar-refractivity contribution in [2.75, 3.05) is 18.1 Å². The van der Waals surface area contributed by atoms with Crippen LogP contribution in [0.3, 0.4) is 0 Å². The summed E-state index contributed by atoms with van der Waals surface area (Å²) in [6.45, 7) is 4.14. The van der Waals surface area contributed by atoms with Crippen molar-refractivity contribution in [1.82, 2.24) is 15.0 Å². The zero-order valence-electron chi connectivity index (χ0n) is 15.2. The molecule has 0 spiro atoms. The van der Waals surface area contributed by atoms with Crippen LogP contribution in [0.15, 0.2) is 54.7 Å². The second-order valence-electron chi connectivity index (χ2n) is 6.55. The molecule has 1 fully saturated rings. The van der Waals surface area contributed by atoms with Gasteiger partial charge in [0.25, 0.3) is 0 Å². The van der Waals surface area contributed by atoms with Gasteiger partial charge in [0.05, 0.1) is 31.0 Å². The van der Waals surface area contributed by atoms with Gasteiger partial charge in [0.2, 0.25) is 0 Å². The zero-order valence-corrected chi connectivity index (χ0v) is 15.2. The third-order valence-electron chi connectivity index (χ3n) is 4.85. The molecule has 1 unspecified atom stereocenters. The number of aromatic nitrogens is 3. The van der Waals surface area contributed by atoms with E-state index in [0.717, 1.165) is 29.9 Å². The predicted molar refractivity (Wildman–Crippen MR) is 102 cm³/mol.